The van der Waals surface area contributed by atoms with E-state index in [1.807, 2.05) is 84.9 Å². The Morgan fingerprint density at radius 3 is 1.94 bits per heavy atom. The van der Waals surface area contributed by atoms with E-state index in [1.165, 1.54) is 6.21 Å². The number of aldehydes is 1. The lowest BCUT2D eigenvalue weighted by molar-refractivity contribution is 0.112. The van der Waals surface area contributed by atoms with Gasteiger partial charge >= 0.3 is 0 Å². The Kier molecular flexibility index (Phi) is 6.18. The van der Waals surface area contributed by atoms with Crippen LogP contribution in [0.1, 0.15) is 27.0 Å². The Morgan fingerprint density at radius 2 is 1.31 bits per heavy atom. The normalized spacial score (nSPS) is 11.6. The van der Waals surface area contributed by atoms with Crippen molar-refractivity contribution in [2.45, 2.75) is 0 Å². The van der Waals surface area contributed by atoms with Crippen LogP contribution in [0.3, 0.4) is 0 Å². The van der Waals surface area contributed by atoms with Crippen molar-refractivity contribution in [1.82, 2.24) is 0 Å². The number of hydrogen-bond acceptors (Lipinski definition) is 5. The lowest BCUT2D eigenvalue weighted by atomic mass is 9.90. The van der Waals surface area contributed by atoms with Crippen LogP contribution in [0.5, 0.6) is 0 Å². The summed E-state index contributed by atoms with van der Waals surface area (Å²) in [7, 11) is 0. The fourth-order valence-electron chi connectivity index (χ4n) is 3.60. The molecule has 0 aliphatic carbocycles. The van der Waals surface area contributed by atoms with E-state index in [0.29, 0.717) is 11.3 Å². The van der Waals surface area contributed by atoms with E-state index in [9.17, 15) is 10.0 Å². The predicted octanol–water partition coefficient (Wildman–Crippen LogP) is 5.87. The molecule has 0 amide bonds. The zero-order chi connectivity index (χ0) is 22.3. The Morgan fingerprint density at radius 1 is 0.688 bits per heavy atom. The Labute approximate surface area is 185 Å². The highest BCUT2D eigenvalue weighted by Crippen LogP contribution is 2.32. The van der Waals surface area contributed by atoms with Gasteiger partial charge in [-0.25, -0.2) is 0 Å². The summed E-state index contributed by atoms with van der Waals surface area (Å²) < 4.78 is 0. The molecule has 0 atom stereocenters. The second-order valence-electron chi connectivity index (χ2n) is 7.18. The number of hydrogen-bond donors (Lipinski definition) is 2. The molecule has 0 saturated heterocycles. The summed E-state index contributed by atoms with van der Waals surface area (Å²) in [6, 6.07) is 30.3. The van der Waals surface area contributed by atoms with Crippen LogP contribution in [0.25, 0.3) is 22.3 Å². The Bertz CT molecular complexity index is 1280. The second-order valence-corrected chi connectivity index (χ2v) is 7.18. The summed E-state index contributed by atoms with van der Waals surface area (Å²) >= 11 is 0. The van der Waals surface area contributed by atoms with Crippen LogP contribution in [0.4, 0.5) is 0 Å². The Hall–Kier alpha value is -4.51. The van der Waals surface area contributed by atoms with Crippen molar-refractivity contribution >= 4 is 18.2 Å². The van der Waals surface area contributed by atoms with Gasteiger partial charge in [0.2, 0.25) is 0 Å². The largest absolute Gasteiger partial charge is 0.411 e. The fourth-order valence-corrected chi connectivity index (χ4v) is 3.60. The maximum absolute atomic E-state index is 11.1. The van der Waals surface area contributed by atoms with Crippen molar-refractivity contribution in [3.8, 4) is 22.3 Å². The smallest absolute Gasteiger partial charge is 0.150 e. The lowest BCUT2D eigenvalue weighted by Gasteiger charge is -2.14. The molecule has 2 N–H and O–H groups in total. The topological polar surface area (TPSA) is 82.2 Å². The standard InChI is InChI=1S/C27H20N2O3/c30-18-20-8-12-22(13-9-20)26-16-24(21-10-6-19(7-11-21)17-28-31)14-15-25(26)27(29-32)23-4-2-1-3-5-23/h1-18,31-32H. The van der Waals surface area contributed by atoms with Gasteiger partial charge in [-0.2, -0.15) is 0 Å². The molecule has 5 heteroatoms. The molecule has 5 nitrogen and oxygen atoms in total. The van der Waals surface area contributed by atoms with Gasteiger partial charge in [-0.1, -0.05) is 101 Å². The van der Waals surface area contributed by atoms with Gasteiger partial charge in [0.15, 0.2) is 0 Å². The first-order valence-electron chi connectivity index (χ1n) is 9.99. The summed E-state index contributed by atoms with van der Waals surface area (Å²) in [4.78, 5) is 11.1. The van der Waals surface area contributed by atoms with Crippen LogP contribution in [0.15, 0.2) is 107 Å². The van der Waals surface area contributed by atoms with Gasteiger partial charge < -0.3 is 10.4 Å². The van der Waals surface area contributed by atoms with E-state index in [-0.39, 0.29) is 0 Å². The van der Waals surface area contributed by atoms with Crippen molar-refractivity contribution in [1.29, 1.82) is 0 Å². The number of nitrogens with zero attached hydrogens (tertiary/aromatic N) is 2. The zero-order valence-electron chi connectivity index (χ0n) is 17.1. The molecule has 0 bridgehead atoms. The van der Waals surface area contributed by atoms with Gasteiger partial charge in [0.05, 0.1) is 6.21 Å². The average molecular weight is 420 g/mol. The molecule has 4 rings (SSSR count). The third-order valence-electron chi connectivity index (χ3n) is 5.23. The number of carbonyl (C=O) groups is 1. The molecule has 0 aliphatic heterocycles. The first kappa shape index (κ1) is 20.8. The molecule has 0 spiro atoms. The van der Waals surface area contributed by atoms with Crippen molar-refractivity contribution in [2.24, 2.45) is 10.3 Å². The quantitative estimate of drug-likeness (QED) is 0.177. The maximum atomic E-state index is 11.1. The molecular weight excluding hydrogens is 400 g/mol. The molecule has 0 fully saturated rings. The SMILES string of the molecule is O=Cc1ccc(-c2cc(-c3ccc(C=NO)cc3)ccc2C(=NO)c2ccccc2)cc1. The summed E-state index contributed by atoms with van der Waals surface area (Å²) in [5.41, 5.74) is 7.13. The van der Waals surface area contributed by atoms with Gasteiger partial charge in [-0.15, -0.1) is 0 Å². The summed E-state index contributed by atoms with van der Waals surface area (Å²) in [6.45, 7) is 0. The highest BCUT2D eigenvalue weighted by atomic mass is 16.4. The number of carbonyl (C=O) groups excluding carboxylic acids is 1. The minimum Gasteiger partial charge on any atom is -0.411 e. The number of rotatable bonds is 6. The average Bonchev–Trinajstić information content (AvgIpc) is 2.86. The third kappa shape index (κ3) is 4.32. The van der Waals surface area contributed by atoms with Crippen molar-refractivity contribution < 1.29 is 15.2 Å². The minimum absolute atomic E-state index is 0.459. The fraction of sp³-hybridized carbons (Fsp3) is 0. The molecule has 0 unspecified atom stereocenters. The first-order valence-corrected chi connectivity index (χ1v) is 9.99. The number of benzene rings is 4. The van der Waals surface area contributed by atoms with Crippen molar-refractivity contribution in [2.75, 3.05) is 0 Å². The van der Waals surface area contributed by atoms with Crippen molar-refractivity contribution in [3.05, 3.63) is 119 Å². The summed E-state index contributed by atoms with van der Waals surface area (Å²) in [5.74, 6) is 0. The summed E-state index contributed by atoms with van der Waals surface area (Å²) in [6.07, 6.45) is 2.18. The molecule has 0 aromatic heterocycles. The lowest BCUT2D eigenvalue weighted by Crippen LogP contribution is -2.05. The third-order valence-corrected chi connectivity index (χ3v) is 5.23. The zero-order valence-corrected chi connectivity index (χ0v) is 17.1. The van der Waals surface area contributed by atoms with Crippen LogP contribution in [0, 0.1) is 0 Å². The Balaban J connectivity index is 1.86. The van der Waals surface area contributed by atoms with Crippen LogP contribution < -0.4 is 0 Å². The number of oxime groups is 2. The van der Waals surface area contributed by atoms with Gasteiger partial charge in [0.1, 0.15) is 12.0 Å². The van der Waals surface area contributed by atoms with E-state index >= 15 is 0 Å². The highest BCUT2D eigenvalue weighted by molar-refractivity contribution is 6.16. The van der Waals surface area contributed by atoms with Gasteiger partial charge in [-0.05, 0) is 33.9 Å². The van der Waals surface area contributed by atoms with Crippen LogP contribution in [-0.4, -0.2) is 28.6 Å². The molecule has 0 heterocycles. The van der Waals surface area contributed by atoms with Gasteiger partial charge in [0.25, 0.3) is 0 Å². The highest BCUT2D eigenvalue weighted by Gasteiger charge is 2.15. The maximum Gasteiger partial charge on any atom is 0.150 e. The molecule has 156 valence electrons. The van der Waals surface area contributed by atoms with E-state index in [2.05, 4.69) is 10.3 Å². The first-order chi connectivity index (χ1) is 15.7. The van der Waals surface area contributed by atoms with E-state index in [1.54, 1.807) is 12.1 Å². The molecule has 32 heavy (non-hydrogen) atoms. The molecule has 4 aromatic rings. The van der Waals surface area contributed by atoms with E-state index in [4.69, 9.17) is 5.21 Å². The minimum atomic E-state index is 0.459. The summed E-state index contributed by atoms with van der Waals surface area (Å²) in [5, 5.41) is 25.2. The molecular formula is C27H20N2O3. The molecule has 0 radical (unpaired) electrons. The van der Waals surface area contributed by atoms with Crippen LogP contribution in [0.2, 0.25) is 0 Å². The molecule has 0 aliphatic rings. The molecule has 0 saturated carbocycles. The van der Waals surface area contributed by atoms with Crippen LogP contribution in [-0.2, 0) is 0 Å². The monoisotopic (exact) mass is 420 g/mol. The van der Waals surface area contributed by atoms with E-state index < -0.39 is 0 Å². The van der Waals surface area contributed by atoms with Crippen LogP contribution >= 0.6 is 0 Å². The van der Waals surface area contributed by atoms with Crippen molar-refractivity contribution in [3.63, 3.8) is 0 Å². The second kappa shape index (κ2) is 9.53. The van der Waals surface area contributed by atoms with Gasteiger partial charge in [-0.3, -0.25) is 4.79 Å². The molecule has 4 aromatic carbocycles. The predicted molar refractivity (Wildman–Crippen MR) is 126 cm³/mol. The van der Waals surface area contributed by atoms with Gasteiger partial charge in [0, 0.05) is 16.7 Å². The van der Waals surface area contributed by atoms with E-state index in [0.717, 1.165) is 45.2 Å².